The fourth-order valence-corrected chi connectivity index (χ4v) is 2.15. The van der Waals surface area contributed by atoms with Gasteiger partial charge in [-0.25, -0.2) is 4.39 Å². The van der Waals surface area contributed by atoms with E-state index in [4.69, 9.17) is 5.73 Å². The van der Waals surface area contributed by atoms with Gasteiger partial charge in [-0.2, -0.15) is 0 Å². The topological polar surface area (TPSA) is 50.4 Å². The van der Waals surface area contributed by atoms with E-state index in [0.29, 0.717) is 24.5 Å². The first kappa shape index (κ1) is 14.5. The maximum atomic E-state index is 13.5. The summed E-state index contributed by atoms with van der Waals surface area (Å²) in [5.41, 5.74) is 7.27. The van der Waals surface area contributed by atoms with Gasteiger partial charge in [0.25, 0.3) is 0 Å². The number of hydrogen-bond donors (Lipinski definition) is 2. The highest BCUT2D eigenvalue weighted by molar-refractivity contribution is 9.10. The molecule has 5 heteroatoms. The molecule has 2 rings (SSSR count). The van der Waals surface area contributed by atoms with Crippen LogP contribution in [0.25, 0.3) is 0 Å². The quantitative estimate of drug-likeness (QED) is 0.663. The Balaban J connectivity index is 1.91. The highest BCUT2D eigenvalue weighted by atomic mass is 79.9. The van der Waals surface area contributed by atoms with Crippen LogP contribution in [0.1, 0.15) is 5.56 Å². The summed E-state index contributed by atoms with van der Waals surface area (Å²) in [5, 5.41) is 2.98. The molecule has 2 aromatic rings. The molecule has 0 aliphatic carbocycles. The van der Waals surface area contributed by atoms with E-state index in [2.05, 4.69) is 26.2 Å². The smallest absolute Gasteiger partial charge is 0.193 e. The number of nitrogens with two attached hydrogens (primary N) is 1. The Kier molecular flexibility index (Phi) is 5.12. The summed E-state index contributed by atoms with van der Waals surface area (Å²) in [5.74, 6) is 0.101. The van der Waals surface area contributed by atoms with Crippen LogP contribution < -0.4 is 11.1 Å². The molecule has 0 spiro atoms. The summed E-state index contributed by atoms with van der Waals surface area (Å²) in [6.45, 7) is 0.430. The number of nitrogens with zero attached hydrogens (tertiary/aromatic N) is 1. The molecule has 0 saturated heterocycles. The van der Waals surface area contributed by atoms with Crippen LogP contribution in [-0.2, 0) is 6.42 Å². The Hall–Kier alpha value is -1.88. The minimum absolute atomic E-state index is 0.224. The highest BCUT2D eigenvalue weighted by Gasteiger charge is 2.02. The van der Waals surface area contributed by atoms with Gasteiger partial charge in [-0.3, -0.25) is 4.99 Å². The van der Waals surface area contributed by atoms with Crippen molar-refractivity contribution >= 4 is 27.6 Å². The Morgan fingerprint density at radius 2 is 1.95 bits per heavy atom. The molecule has 0 aliphatic rings. The molecule has 0 heterocycles. The first-order valence-corrected chi connectivity index (χ1v) is 7.00. The predicted octanol–water partition coefficient (Wildman–Crippen LogP) is 3.56. The van der Waals surface area contributed by atoms with Crippen LogP contribution in [0.15, 0.2) is 58.0 Å². The first-order valence-electron chi connectivity index (χ1n) is 6.21. The van der Waals surface area contributed by atoms with Gasteiger partial charge in [-0.15, -0.1) is 0 Å². The maximum Gasteiger partial charge on any atom is 0.193 e. The first-order chi connectivity index (χ1) is 9.65. The zero-order valence-electron chi connectivity index (χ0n) is 10.8. The fraction of sp³-hybridized carbons (Fsp3) is 0.133. The summed E-state index contributed by atoms with van der Waals surface area (Å²) in [6, 6.07) is 14.4. The lowest BCUT2D eigenvalue weighted by molar-refractivity contribution is 0.609. The van der Waals surface area contributed by atoms with Crippen LogP contribution in [0.3, 0.4) is 0 Å². The zero-order chi connectivity index (χ0) is 14.4. The normalized spacial score (nSPS) is 11.4. The monoisotopic (exact) mass is 335 g/mol. The molecule has 3 nitrogen and oxygen atoms in total. The van der Waals surface area contributed by atoms with Crippen LogP contribution in [0.4, 0.5) is 10.1 Å². The van der Waals surface area contributed by atoms with Crippen LogP contribution >= 0.6 is 15.9 Å². The lowest BCUT2D eigenvalue weighted by atomic mass is 10.1. The lowest BCUT2D eigenvalue weighted by Crippen LogP contribution is -2.23. The van der Waals surface area contributed by atoms with Gasteiger partial charge in [0.05, 0.1) is 0 Å². The molecular formula is C15H15BrFN3. The molecule has 0 amide bonds. The minimum Gasteiger partial charge on any atom is -0.370 e. The van der Waals surface area contributed by atoms with Crippen molar-refractivity contribution in [3.8, 4) is 0 Å². The van der Waals surface area contributed by atoms with Crippen molar-refractivity contribution in [2.45, 2.75) is 6.42 Å². The third kappa shape index (κ3) is 4.35. The van der Waals surface area contributed by atoms with Gasteiger partial charge in [-0.1, -0.05) is 34.1 Å². The van der Waals surface area contributed by atoms with Crippen LogP contribution in [0.5, 0.6) is 0 Å². The summed E-state index contributed by atoms with van der Waals surface area (Å²) < 4.78 is 14.4. The number of aliphatic imine (C=N–C) groups is 1. The number of halogens is 2. The Labute approximate surface area is 125 Å². The lowest BCUT2D eigenvalue weighted by Gasteiger charge is -2.06. The van der Waals surface area contributed by atoms with Gasteiger partial charge in [-0.05, 0) is 42.3 Å². The second-order valence-corrected chi connectivity index (χ2v) is 5.16. The van der Waals surface area contributed by atoms with E-state index < -0.39 is 0 Å². The molecule has 0 fully saturated rings. The Bertz CT molecular complexity index is 599. The molecule has 20 heavy (non-hydrogen) atoms. The van der Waals surface area contributed by atoms with Crippen molar-refractivity contribution in [3.05, 3.63) is 64.4 Å². The van der Waals surface area contributed by atoms with Gasteiger partial charge >= 0.3 is 0 Å². The second kappa shape index (κ2) is 7.05. The third-order valence-electron chi connectivity index (χ3n) is 2.72. The van der Waals surface area contributed by atoms with E-state index in [1.807, 2.05) is 30.3 Å². The molecule has 0 saturated carbocycles. The van der Waals surface area contributed by atoms with E-state index in [-0.39, 0.29) is 5.82 Å². The number of benzene rings is 2. The van der Waals surface area contributed by atoms with E-state index in [9.17, 15) is 4.39 Å². The number of rotatable bonds is 4. The highest BCUT2D eigenvalue weighted by Crippen LogP contribution is 2.16. The summed E-state index contributed by atoms with van der Waals surface area (Å²) in [4.78, 5) is 4.19. The number of anilines is 1. The zero-order valence-corrected chi connectivity index (χ0v) is 12.4. The molecule has 104 valence electrons. The van der Waals surface area contributed by atoms with Crippen LogP contribution in [0, 0.1) is 5.82 Å². The van der Waals surface area contributed by atoms with Crippen molar-refractivity contribution in [1.82, 2.24) is 0 Å². The van der Waals surface area contributed by atoms with Crippen LogP contribution in [0.2, 0.25) is 0 Å². The van der Waals surface area contributed by atoms with E-state index in [1.165, 1.54) is 6.07 Å². The van der Waals surface area contributed by atoms with Crippen molar-refractivity contribution in [2.24, 2.45) is 10.7 Å². The molecule has 0 unspecified atom stereocenters. The maximum absolute atomic E-state index is 13.5. The van der Waals surface area contributed by atoms with Gasteiger partial charge in [0.2, 0.25) is 0 Å². The SMILES string of the molecule is NC(=NCCc1cc(Br)ccc1F)Nc1ccccc1. The summed E-state index contributed by atoms with van der Waals surface area (Å²) in [7, 11) is 0. The fourth-order valence-electron chi connectivity index (χ4n) is 1.74. The number of hydrogen-bond acceptors (Lipinski definition) is 1. The largest absolute Gasteiger partial charge is 0.370 e. The third-order valence-corrected chi connectivity index (χ3v) is 3.21. The molecule has 0 atom stereocenters. The van der Waals surface area contributed by atoms with Crippen molar-refractivity contribution in [2.75, 3.05) is 11.9 Å². The average Bonchev–Trinajstić information content (AvgIpc) is 2.44. The summed E-state index contributed by atoms with van der Waals surface area (Å²) in [6.07, 6.45) is 0.502. The van der Waals surface area contributed by atoms with Crippen molar-refractivity contribution < 1.29 is 4.39 Å². The predicted molar refractivity (Wildman–Crippen MR) is 84.4 cm³/mol. The Morgan fingerprint density at radius 3 is 2.70 bits per heavy atom. The van der Waals surface area contributed by atoms with Crippen LogP contribution in [-0.4, -0.2) is 12.5 Å². The molecule has 0 aromatic heterocycles. The van der Waals surface area contributed by atoms with Crippen molar-refractivity contribution in [3.63, 3.8) is 0 Å². The summed E-state index contributed by atoms with van der Waals surface area (Å²) >= 11 is 3.32. The van der Waals surface area contributed by atoms with Gasteiger partial charge in [0.15, 0.2) is 5.96 Å². The standard InChI is InChI=1S/C15H15BrFN3/c16-12-6-7-14(17)11(10-12)8-9-19-15(18)20-13-4-2-1-3-5-13/h1-7,10H,8-9H2,(H3,18,19,20). The molecule has 2 aromatic carbocycles. The number of guanidine groups is 1. The van der Waals surface area contributed by atoms with Gasteiger partial charge < -0.3 is 11.1 Å². The van der Waals surface area contributed by atoms with E-state index in [1.54, 1.807) is 12.1 Å². The molecule has 0 radical (unpaired) electrons. The molecular weight excluding hydrogens is 321 g/mol. The van der Waals surface area contributed by atoms with Crippen molar-refractivity contribution in [1.29, 1.82) is 0 Å². The molecule has 0 bridgehead atoms. The van der Waals surface area contributed by atoms with E-state index >= 15 is 0 Å². The van der Waals surface area contributed by atoms with Gasteiger partial charge in [0, 0.05) is 16.7 Å². The average molecular weight is 336 g/mol. The number of nitrogens with one attached hydrogen (secondary N) is 1. The second-order valence-electron chi connectivity index (χ2n) is 4.24. The molecule has 0 aliphatic heterocycles. The number of para-hydroxylation sites is 1. The molecule has 3 N–H and O–H groups in total. The Morgan fingerprint density at radius 1 is 1.20 bits per heavy atom. The van der Waals surface area contributed by atoms with E-state index in [0.717, 1.165) is 10.2 Å². The minimum atomic E-state index is -0.224. The van der Waals surface area contributed by atoms with Gasteiger partial charge in [0.1, 0.15) is 5.82 Å².